The Kier molecular flexibility index (Phi) is 8.25. The van der Waals surface area contributed by atoms with E-state index in [1.54, 1.807) is 42.3 Å². The largest absolute Gasteiger partial charge is 0.481 e. The minimum absolute atomic E-state index is 0.168. The minimum atomic E-state index is -3.32. The molecule has 0 saturated heterocycles. The van der Waals surface area contributed by atoms with Gasteiger partial charge in [0.15, 0.2) is 6.10 Å². The highest BCUT2D eigenvalue weighted by molar-refractivity contribution is 7.98. The second-order valence-electron chi connectivity index (χ2n) is 6.16. The number of furan rings is 1. The van der Waals surface area contributed by atoms with Crippen molar-refractivity contribution in [3.05, 3.63) is 48.4 Å². The molecule has 7 nitrogen and oxygen atoms in total. The summed E-state index contributed by atoms with van der Waals surface area (Å²) in [7, 11) is -1.84. The van der Waals surface area contributed by atoms with Gasteiger partial charge in [-0.2, -0.15) is 11.8 Å². The fourth-order valence-corrected chi connectivity index (χ4v) is 3.60. The van der Waals surface area contributed by atoms with Crippen molar-refractivity contribution < 1.29 is 22.4 Å². The maximum absolute atomic E-state index is 12.3. The fourth-order valence-electron chi connectivity index (χ4n) is 2.34. The van der Waals surface area contributed by atoms with E-state index in [4.69, 9.17) is 9.15 Å². The smallest absolute Gasteiger partial charge is 0.261 e. The Morgan fingerprint density at radius 2 is 2.00 bits per heavy atom. The molecule has 0 aliphatic heterocycles. The van der Waals surface area contributed by atoms with Crippen LogP contribution < -0.4 is 14.4 Å². The van der Waals surface area contributed by atoms with Crippen LogP contribution in [0.3, 0.4) is 0 Å². The quantitative estimate of drug-likeness (QED) is 0.556. The number of benzene rings is 1. The molecule has 1 aromatic heterocycles. The summed E-state index contributed by atoms with van der Waals surface area (Å²) in [6, 6.07) is 10.4. The zero-order chi connectivity index (χ0) is 20.6. The number of hydrogen-bond acceptors (Lipinski definition) is 6. The summed E-state index contributed by atoms with van der Waals surface area (Å²) in [4.78, 5) is 12.3. The molecule has 0 bridgehead atoms. The molecular formula is C19H26N2O5S2. The summed E-state index contributed by atoms with van der Waals surface area (Å²) in [5, 5.41) is 2.88. The van der Waals surface area contributed by atoms with Crippen LogP contribution >= 0.6 is 11.8 Å². The predicted octanol–water partition coefficient (Wildman–Crippen LogP) is 2.88. The molecule has 0 aliphatic rings. The van der Waals surface area contributed by atoms with Gasteiger partial charge < -0.3 is 14.5 Å². The lowest BCUT2D eigenvalue weighted by Gasteiger charge is -2.19. The summed E-state index contributed by atoms with van der Waals surface area (Å²) in [6.07, 6.45) is 2.71. The summed E-state index contributed by atoms with van der Waals surface area (Å²) in [5.41, 5.74) is 0.529. The van der Waals surface area contributed by atoms with Gasteiger partial charge in [-0.05, 0) is 42.8 Å². The molecule has 0 aliphatic carbocycles. The van der Waals surface area contributed by atoms with Crippen LogP contribution in [0.25, 0.3) is 0 Å². The van der Waals surface area contributed by atoms with Crippen LogP contribution in [0.5, 0.6) is 5.75 Å². The van der Waals surface area contributed by atoms with E-state index in [1.165, 1.54) is 11.4 Å². The number of anilines is 1. The number of amides is 1. The van der Waals surface area contributed by atoms with Crippen LogP contribution in [0.4, 0.5) is 5.69 Å². The Labute approximate surface area is 170 Å². The number of ether oxygens (including phenoxy) is 1. The van der Waals surface area contributed by atoms with Crippen LogP contribution in [0.1, 0.15) is 19.1 Å². The van der Waals surface area contributed by atoms with Crippen LogP contribution in [0.15, 0.2) is 47.1 Å². The highest BCUT2D eigenvalue weighted by Crippen LogP contribution is 2.21. The van der Waals surface area contributed by atoms with Crippen molar-refractivity contribution in [1.82, 2.24) is 5.32 Å². The van der Waals surface area contributed by atoms with E-state index >= 15 is 0 Å². The number of sulfonamides is 1. The Hall–Kier alpha value is -2.13. The van der Waals surface area contributed by atoms with Gasteiger partial charge in [-0.25, -0.2) is 8.42 Å². The molecule has 0 radical (unpaired) electrons. The van der Waals surface area contributed by atoms with Gasteiger partial charge in [0.1, 0.15) is 11.5 Å². The molecule has 2 rings (SSSR count). The predicted molar refractivity (Wildman–Crippen MR) is 112 cm³/mol. The van der Waals surface area contributed by atoms with Gasteiger partial charge in [0.05, 0.1) is 24.0 Å². The van der Waals surface area contributed by atoms with Gasteiger partial charge in [0.25, 0.3) is 5.91 Å². The average Bonchev–Trinajstić information content (AvgIpc) is 3.18. The monoisotopic (exact) mass is 426 g/mol. The molecule has 1 aromatic carbocycles. The van der Waals surface area contributed by atoms with Crippen LogP contribution in [-0.2, 0) is 20.6 Å². The normalized spacial score (nSPS) is 12.4. The lowest BCUT2D eigenvalue weighted by Crippen LogP contribution is -2.39. The van der Waals surface area contributed by atoms with Crippen LogP contribution in [0.2, 0.25) is 0 Å². The van der Waals surface area contributed by atoms with Gasteiger partial charge in [-0.15, -0.1) is 0 Å². The Morgan fingerprint density at radius 1 is 1.29 bits per heavy atom. The van der Waals surface area contributed by atoms with Crippen molar-refractivity contribution in [2.75, 3.05) is 29.9 Å². The molecule has 1 N–H and O–H groups in total. The molecule has 0 saturated carbocycles. The summed E-state index contributed by atoms with van der Waals surface area (Å²) < 4.78 is 35.4. The zero-order valence-corrected chi connectivity index (χ0v) is 17.9. The van der Waals surface area contributed by atoms with E-state index in [0.29, 0.717) is 24.4 Å². The van der Waals surface area contributed by atoms with E-state index in [2.05, 4.69) is 5.32 Å². The van der Waals surface area contributed by atoms with Crippen molar-refractivity contribution in [3.63, 3.8) is 0 Å². The minimum Gasteiger partial charge on any atom is -0.481 e. The van der Waals surface area contributed by atoms with E-state index in [1.807, 2.05) is 19.1 Å². The number of hydrogen-bond donors (Lipinski definition) is 1. The zero-order valence-electron chi connectivity index (χ0n) is 16.3. The van der Waals surface area contributed by atoms with E-state index < -0.39 is 16.1 Å². The molecule has 0 spiro atoms. The number of carbonyl (C=O) groups is 1. The number of rotatable bonds is 11. The maximum Gasteiger partial charge on any atom is 0.261 e. The van der Waals surface area contributed by atoms with Gasteiger partial charge in [-0.3, -0.25) is 9.10 Å². The highest BCUT2D eigenvalue weighted by Gasteiger charge is 2.18. The first kappa shape index (κ1) is 22.2. The van der Waals surface area contributed by atoms with E-state index in [9.17, 15) is 13.2 Å². The van der Waals surface area contributed by atoms with Crippen molar-refractivity contribution in [1.29, 1.82) is 0 Å². The molecular weight excluding hydrogens is 400 g/mol. The van der Waals surface area contributed by atoms with Gasteiger partial charge in [-0.1, -0.05) is 6.92 Å². The average molecular weight is 427 g/mol. The molecule has 2 aromatic rings. The SMILES string of the molecule is CC[C@@H](Oc1ccc(N(C)S(C)(=O)=O)cc1)C(=O)NCCSCc1ccco1. The summed E-state index contributed by atoms with van der Waals surface area (Å²) in [5.74, 6) is 2.80. The molecule has 154 valence electrons. The molecule has 0 fully saturated rings. The van der Waals surface area contributed by atoms with Crippen LogP contribution in [0, 0.1) is 0 Å². The third kappa shape index (κ3) is 6.79. The topological polar surface area (TPSA) is 88.8 Å². The molecule has 9 heteroatoms. The Morgan fingerprint density at radius 3 is 2.57 bits per heavy atom. The molecule has 28 heavy (non-hydrogen) atoms. The molecule has 1 atom stereocenters. The lowest BCUT2D eigenvalue weighted by molar-refractivity contribution is -0.127. The number of nitrogens with zero attached hydrogens (tertiary/aromatic N) is 1. The lowest BCUT2D eigenvalue weighted by atomic mass is 10.2. The first-order valence-electron chi connectivity index (χ1n) is 8.89. The van der Waals surface area contributed by atoms with E-state index in [0.717, 1.165) is 23.5 Å². The van der Waals surface area contributed by atoms with Crippen molar-refractivity contribution in [3.8, 4) is 5.75 Å². The Balaban J connectivity index is 1.79. The third-order valence-electron chi connectivity index (χ3n) is 4.01. The summed E-state index contributed by atoms with van der Waals surface area (Å²) in [6.45, 7) is 2.42. The van der Waals surface area contributed by atoms with E-state index in [-0.39, 0.29) is 5.91 Å². The fraction of sp³-hybridized carbons (Fsp3) is 0.421. The molecule has 1 amide bonds. The number of thioether (sulfide) groups is 1. The molecule has 1 heterocycles. The van der Waals surface area contributed by atoms with Crippen molar-refractivity contribution in [2.24, 2.45) is 0 Å². The van der Waals surface area contributed by atoms with Crippen molar-refractivity contribution >= 4 is 33.4 Å². The Bertz CT molecular complexity index is 836. The number of carbonyl (C=O) groups excluding carboxylic acids is 1. The van der Waals surface area contributed by atoms with Gasteiger partial charge in [0.2, 0.25) is 10.0 Å². The molecule has 0 unspecified atom stereocenters. The first-order valence-corrected chi connectivity index (χ1v) is 11.9. The van der Waals surface area contributed by atoms with Crippen LogP contribution in [-0.4, -0.2) is 46.0 Å². The maximum atomic E-state index is 12.3. The highest BCUT2D eigenvalue weighted by atomic mass is 32.2. The standard InChI is InChI=1S/C19H26N2O5S2/c1-4-18(19(22)20-11-13-27-14-17-6-5-12-25-17)26-16-9-7-15(8-10-16)21(2)28(3,23)24/h5-10,12,18H,4,11,13-14H2,1-3H3,(H,20,22)/t18-/m1/s1. The first-order chi connectivity index (χ1) is 13.3. The number of nitrogens with one attached hydrogen (secondary N) is 1. The second-order valence-corrected chi connectivity index (χ2v) is 9.28. The van der Waals surface area contributed by atoms with Gasteiger partial charge >= 0.3 is 0 Å². The van der Waals surface area contributed by atoms with Gasteiger partial charge in [0, 0.05) is 19.3 Å². The second kappa shape index (κ2) is 10.4. The summed E-state index contributed by atoms with van der Waals surface area (Å²) >= 11 is 1.68. The van der Waals surface area contributed by atoms with Crippen molar-refractivity contribution in [2.45, 2.75) is 25.2 Å². The third-order valence-corrected chi connectivity index (χ3v) is 6.20.